The predicted octanol–water partition coefficient (Wildman–Crippen LogP) is 5.19. The fourth-order valence-electron chi connectivity index (χ4n) is 3.93. The summed E-state index contributed by atoms with van der Waals surface area (Å²) in [4.78, 5) is 28.7. The molecule has 0 aromatic carbocycles. The molecule has 0 radical (unpaired) electrons. The van der Waals surface area contributed by atoms with E-state index in [9.17, 15) is 9.59 Å². The number of hydrogen-bond acceptors (Lipinski definition) is 5. The molecule has 2 amide bonds. The van der Waals surface area contributed by atoms with Crippen LogP contribution < -0.4 is 0 Å². The zero-order valence-corrected chi connectivity index (χ0v) is 22.8. The summed E-state index contributed by atoms with van der Waals surface area (Å²) in [5.41, 5.74) is -0.648. The van der Waals surface area contributed by atoms with Crippen LogP contribution in [0.4, 0.5) is 9.59 Å². The van der Waals surface area contributed by atoms with Crippen molar-refractivity contribution in [2.75, 3.05) is 26.7 Å². The molecule has 1 fully saturated rings. The van der Waals surface area contributed by atoms with Gasteiger partial charge in [-0.2, -0.15) is 0 Å². The van der Waals surface area contributed by atoms with Crippen LogP contribution in [0.25, 0.3) is 0 Å². The van der Waals surface area contributed by atoms with E-state index in [1.165, 1.54) is 11.0 Å². The average Bonchev–Trinajstić information content (AvgIpc) is 2.96. The quantitative estimate of drug-likeness (QED) is 0.362. The second-order valence-electron chi connectivity index (χ2n) is 11.1. The highest BCUT2D eigenvalue weighted by Gasteiger charge is 2.53. The summed E-state index contributed by atoms with van der Waals surface area (Å²) < 4.78 is 17.5. The van der Waals surface area contributed by atoms with Crippen LogP contribution in [0.3, 0.4) is 0 Å². The molecule has 0 aromatic heterocycles. The summed E-state index contributed by atoms with van der Waals surface area (Å²) in [5, 5.41) is 0. The van der Waals surface area contributed by atoms with E-state index in [4.69, 9.17) is 13.9 Å². The lowest BCUT2D eigenvalue weighted by atomic mass is 9.78. The topological polar surface area (TPSA) is 68.3 Å². The normalized spacial score (nSPS) is 21.4. The molecule has 1 aliphatic rings. The van der Waals surface area contributed by atoms with Gasteiger partial charge in [-0.25, -0.2) is 9.59 Å². The summed E-state index contributed by atoms with van der Waals surface area (Å²) in [6, 6.07) is 0. The second kappa shape index (κ2) is 10.9. The lowest BCUT2D eigenvalue weighted by molar-refractivity contribution is -0.0681. The Hall–Kier alpha value is -1.80. The standard InChI is InChI=1S/C24H44N2O5Si/c1-12-13-29-20(27)25(9)16-18(2)14-24(31-32(10)11)15-19(22(3,4)5)17-26(24)21(28)30-23(6,7)8/h12,19,32H,1-2,13-17H2,3-11H3/t19-,24+/m0/s1. The van der Waals surface area contributed by atoms with Crippen LogP contribution >= 0.6 is 0 Å². The van der Waals surface area contributed by atoms with Crippen LogP contribution in [0.15, 0.2) is 24.8 Å². The maximum atomic E-state index is 13.3. The van der Waals surface area contributed by atoms with Gasteiger partial charge in [-0.15, -0.1) is 0 Å². The SMILES string of the molecule is C=CCOC(=O)N(C)CC(=C)C[C@@]1(O[SiH](C)C)C[C@H](C(C)(C)C)CN1C(=O)OC(C)(C)C. The molecule has 1 rings (SSSR count). The molecule has 1 saturated heterocycles. The highest BCUT2D eigenvalue weighted by atomic mass is 28.3. The minimum absolute atomic E-state index is 0.00345. The van der Waals surface area contributed by atoms with Gasteiger partial charge in [0.15, 0.2) is 9.04 Å². The van der Waals surface area contributed by atoms with E-state index in [2.05, 4.69) is 47.0 Å². The van der Waals surface area contributed by atoms with E-state index in [-0.39, 0.29) is 24.0 Å². The van der Waals surface area contributed by atoms with Crippen LogP contribution in [0.2, 0.25) is 13.1 Å². The van der Waals surface area contributed by atoms with Crippen LogP contribution in [-0.4, -0.2) is 69.1 Å². The number of likely N-dealkylation sites (N-methyl/N-ethyl adjacent to an activating group) is 1. The molecule has 0 N–H and O–H groups in total. The first kappa shape index (κ1) is 28.2. The third kappa shape index (κ3) is 8.28. The maximum absolute atomic E-state index is 13.3. The number of hydrogen-bond donors (Lipinski definition) is 0. The fourth-order valence-corrected chi connectivity index (χ4v) is 5.12. The first-order valence-corrected chi connectivity index (χ1v) is 14.1. The van der Waals surface area contributed by atoms with Gasteiger partial charge in [0.05, 0.1) is 0 Å². The van der Waals surface area contributed by atoms with Crippen molar-refractivity contribution in [1.29, 1.82) is 0 Å². The highest BCUT2D eigenvalue weighted by molar-refractivity contribution is 6.48. The third-order valence-electron chi connectivity index (χ3n) is 5.38. The summed E-state index contributed by atoms with van der Waals surface area (Å²) in [7, 11) is 0.125. The van der Waals surface area contributed by atoms with Crippen LogP contribution in [-0.2, 0) is 13.9 Å². The highest BCUT2D eigenvalue weighted by Crippen LogP contribution is 2.46. The molecule has 0 spiro atoms. The van der Waals surface area contributed by atoms with Gasteiger partial charge >= 0.3 is 12.2 Å². The number of amides is 2. The van der Waals surface area contributed by atoms with Crippen molar-refractivity contribution in [1.82, 2.24) is 9.80 Å². The van der Waals surface area contributed by atoms with Gasteiger partial charge in [-0.3, -0.25) is 4.90 Å². The van der Waals surface area contributed by atoms with E-state index in [1.54, 1.807) is 11.9 Å². The summed E-state index contributed by atoms with van der Waals surface area (Å²) in [6.45, 7) is 25.2. The van der Waals surface area contributed by atoms with Crippen molar-refractivity contribution in [2.45, 2.75) is 78.8 Å². The lowest BCUT2D eigenvalue weighted by Crippen LogP contribution is -2.53. The smallest absolute Gasteiger partial charge is 0.412 e. The van der Waals surface area contributed by atoms with E-state index in [1.807, 2.05) is 20.8 Å². The van der Waals surface area contributed by atoms with Gasteiger partial charge in [-0.1, -0.05) is 45.6 Å². The van der Waals surface area contributed by atoms with Gasteiger partial charge in [-0.05, 0) is 51.6 Å². The van der Waals surface area contributed by atoms with E-state index in [0.29, 0.717) is 25.9 Å². The van der Waals surface area contributed by atoms with Gasteiger partial charge in [0.2, 0.25) is 0 Å². The number of ether oxygens (including phenoxy) is 2. The monoisotopic (exact) mass is 468 g/mol. The Morgan fingerprint density at radius 3 is 2.28 bits per heavy atom. The molecule has 184 valence electrons. The predicted molar refractivity (Wildman–Crippen MR) is 131 cm³/mol. The van der Waals surface area contributed by atoms with Gasteiger partial charge < -0.3 is 18.8 Å². The zero-order chi connectivity index (χ0) is 24.9. The first-order valence-electron chi connectivity index (χ1n) is 11.3. The number of carbonyl (C=O) groups is 2. The molecule has 0 bridgehead atoms. The van der Waals surface area contributed by atoms with Crippen molar-refractivity contribution < 1.29 is 23.5 Å². The Labute approximate surface area is 196 Å². The number of rotatable bonds is 8. The van der Waals surface area contributed by atoms with Gasteiger partial charge in [0.1, 0.15) is 17.9 Å². The molecule has 32 heavy (non-hydrogen) atoms. The fraction of sp³-hybridized carbons (Fsp3) is 0.750. The van der Waals surface area contributed by atoms with E-state index < -0.39 is 26.5 Å². The minimum Gasteiger partial charge on any atom is -0.445 e. The van der Waals surface area contributed by atoms with Crippen LogP contribution in [0.5, 0.6) is 0 Å². The number of nitrogens with zero attached hydrogens (tertiary/aromatic N) is 2. The molecule has 0 saturated carbocycles. The van der Waals surface area contributed by atoms with Crippen LogP contribution in [0, 0.1) is 11.3 Å². The molecular weight excluding hydrogens is 424 g/mol. The molecule has 0 unspecified atom stereocenters. The summed E-state index contributed by atoms with van der Waals surface area (Å²) >= 11 is 0. The largest absolute Gasteiger partial charge is 0.445 e. The molecule has 7 nitrogen and oxygen atoms in total. The second-order valence-corrected chi connectivity index (χ2v) is 13.5. The first-order chi connectivity index (χ1) is 14.5. The summed E-state index contributed by atoms with van der Waals surface area (Å²) in [5.74, 6) is 0.242. The van der Waals surface area contributed by atoms with Crippen molar-refractivity contribution in [3.63, 3.8) is 0 Å². The minimum atomic E-state index is -1.54. The van der Waals surface area contributed by atoms with E-state index in [0.717, 1.165) is 5.57 Å². The van der Waals surface area contributed by atoms with Crippen molar-refractivity contribution in [3.05, 3.63) is 24.8 Å². The Kier molecular flexibility index (Phi) is 9.60. The van der Waals surface area contributed by atoms with Crippen LogP contribution in [0.1, 0.15) is 54.4 Å². The Balaban J connectivity index is 3.20. The zero-order valence-electron chi connectivity index (χ0n) is 21.6. The maximum Gasteiger partial charge on any atom is 0.412 e. The van der Waals surface area contributed by atoms with Crippen molar-refractivity contribution in [3.8, 4) is 0 Å². The molecule has 8 heteroatoms. The Morgan fingerprint density at radius 2 is 1.81 bits per heavy atom. The van der Waals surface area contributed by atoms with Gasteiger partial charge in [0.25, 0.3) is 0 Å². The Bertz CT molecular complexity index is 695. The number of likely N-dealkylation sites (tertiary alicyclic amines) is 1. The van der Waals surface area contributed by atoms with Gasteiger partial charge in [0, 0.05) is 26.6 Å². The average molecular weight is 469 g/mol. The molecule has 2 atom stereocenters. The Morgan fingerprint density at radius 1 is 1.22 bits per heavy atom. The third-order valence-corrected chi connectivity index (χ3v) is 6.29. The van der Waals surface area contributed by atoms with Crippen molar-refractivity contribution in [2.24, 2.45) is 11.3 Å². The lowest BCUT2D eigenvalue weighted by Gasteiger charge is -2.41. The molecule has 0 aliphatic carbocycles. The molecule has 1 aliphatic heterocycles. The molecular formula is C24H44N2O5Si. The summed E-state index contributed by atoms with van der Waals surface area (Å²) in [6.07, 6.45) is 1.85. The molecule has 0 aromatic rings. The van der Waals surface area contributed by atoms with Crippen molar-refractivity contribution >= 4 is 21.2 Å². The molecule has 1 heterocycles. The number of carbonyl (C=O) groups excluding carboxylic acids is 2. The van der Waals surface area contributed by atoms with E-state index >= 15 is 0 Å².